The van der Waals surface area contributed by atoms with Crippen LogP contribution in [0.4, 0.5) is 19.0 Å². The molecule has 6 heteroatoms. The Kier molecular flexibility index (Phi) is 4.84. The number of hydrogen-bond donors (Lipinski definition) is 1. The van der Waals surface area contributed by atoms with Gasteiger partial charge in [0.2, 0.25) is 0 Å². The van der Waals surface area contributed by atoms with Crippen molar-refractivity contribution in [3.05, 3.63) is 59.3 Å². The predicted octanol–water partition coefficient (Wildman–Crippen LogP) is 4.41. The van der Waals surface area contributed by atoms with E-state index in [0.717, 1.165) is 38.5 Å². The summed E-state index contributed by atoms with van der Waals surface area (Å²) in [7, 11) is 0. The van der Waals surface area contributed by atoms with Gasteiger partial charge in [0.25, 0.3) is 0 Å². The molecule has 1 aliphatic heterocycles. The summed E-state index contributed by atoms with van der Waals surface area (Å²) in [5, 5.41) is 3.67. The Morgan fingerprint density at radius 3 is 2.59 bits per heavy atom. The van der Waals surface area contributed by atoms with Crippen LogP contribution in [-0.2, 0) is 12.7 Å². The average molecular weight is 375 g/mol. The van der Waals surface area contributed by atoms with Crippen LogP contribution in [0.25, 0.3) is 0 Å². The number of anilines is 1. The number of nitrogens with zero attached hydrogens (tertiary/aromatic N) is 2. The Morgan fingerprint density at radius 1 is 1.07 bits per heavy atom. The van der Waals surface area contributed by atoms with Gasteiger partial charge in [0, 0.05) is 25.7 Å². The number of halogens is 3. The summed E-state index contributed by atoms with van der Waals surface area (Å²) in [6.07, 6.45) is -2.15. The van der Waals surface area contributed by atoms with E-state index in [-0.39, 0.29) is 0 Å². The normalized spacial score (nSPS) is 25.0. The van der Waals surface area contributed by atoms with Crippen LogP contribution in [0.1, 0.15) is 29.7 Å². The molecule has 1 saturated carbocycles. The summed E-state index contributed by atoms with van der Waals surface area (Å²) in [6.45, 7) is 4.47. The van der Waals surface area contributed by atoms with Crippen molar-refractivity contribution < 1.29 is 13.2 Å². The minimum Gasteiger partial charge on any atom is -0.356 e. The van der Waals surface area contributed by atoms with Crippen molar-refractivity contribution in [2.24, 2.45) is 11.8 Å². The van der Waals surface area contributed by atoms with Crippen LogP contribution in [0, 0.1) is 18.8 Å². The SMILES string of the molecule is Cc1ccc(CN[C@H]2CC[C@@H]3CN(c4cccc(C(F)(F)F)n4)C[C@@H]32)cc1. The number of aromatic nitrogens is 1. The van der Waals surface area contributed by atoms with E-state index >= 15 is 0 Å². The van der Waals surface area contributed by atoms with Crippen LogP contribution >= 0.6 is 0 Å². The molecule has 0 radical (unpaired) electrons. The second-order valence-electron chi connectivity index (χ2n) is 7.76. The maximum atomic E-state index is 12.9. The van der Waals surface area contributed by atoms with E-state index in [0.29, 0.717) is 23.7 Å². The molecule has 27 heavy (non-hydrogen) atoms. The fraction of sp³-hybridized carbons (Fsp3) is 0.476. The van der Waals surface area contributed by atoms with Crippen LogP contribution in [0.3, 0.4) is 0 Å². The molecule has 1 saturated heterocycles. The minimum atomic E-state index is -4.40. The second-order valence-corrected chi connectivity index (χ2v) is 7.76. The molecular weight excluding hydrogens is 351 g/mol. The maximum absolute atomic E-state index is 12.9. The van der Waals surface area contributed by atoms with E-state index < -0.39 is 11.9 Å². The summed E-state index contributed by atoms with van der Waals surface area (Å²) in [5.74, 6) is 1.43. The maximum Gasteiger partial charge on any atom is 0.433 e. The molecule has 3 nitrogen and oxygen atoms in total. The van der Waals surface area contributed by atoms with E-state index in [4.69, 9.17) is 0 Å². The summed E-state index contributed by atoms with van der Waals surface area (Å²) in [5.41, 5.74) is 1.70. The van der Waals surface area contributed by atoms with Gasteiger partial charge in [0.05, 0.1) is 0 Å². The third-order valence-corrected chi connectivity index (χ3v) is 5.89. The predicted molar refractivity (Wildman–Crippen MR) is 99.5 cm³/mol. The van der Waals surface area contributed by atoms with Gasteiger partial charge in [-0.15, -0.1) is 0 Å². The molecule has 4 rings (SSSR count). The largest absolute Gasteiger partial charge is 0.433 e. The van der Waals surface area contributed by atoms with Gasteiger partial charge < -0.3 is 10.2 Å². The number of hydrogen-bond acceptors (Lipinski definition) is 3. The lowest BCUT2D eigenvalue weighted by Gasteiger charge is -2.23. The van der Waals surface area contributed by atoms with Crippen LogP contribution < -0.4 is 10.2 Å². The molecule has 2 aromatic rings. The first-order chi connectivity index (χ1) is 12.9. The first kappa shape index (κ1) is 18.3. The summed E-state index contributed by atoms with van der Waals surface area (Å²) in [4.78, 5) is 5.88. The van der Waals surface area contributed by atoms with Crippen molar-refractivity contribution >= 4 is 5.82 Å². The lowest BCUT2D eigenvalue weighted by Crippen LogP contribution is -2.35. The van der Waals surface area contributed by atoms with Crippen LogP contribution in [0.15, 0.2) is 42.5 Å². The zero-order chi connectivity index (χ0) is 19.0. The number of rotatable bonds is 4. The zero-order valence-electron chi connectivity index (χ0n) is 15.3. The molecule has 1 aromatic carbocycles. The molecule has 0 spiro atoms. The zero-order valence-corrected chi connectivity index (χ0v) is 15.3. The molecule has 1 N–H and O–H groups in total. The quantitative estimate of drug-likeness (QED) is 0.858. The molecule has 2 aliphatic rings. The first-order valence-corrected chi connectivity index (χ1v) is 9.48. The fourth-order valence-corrected chi connectivity index (χ4v) is 4.42. The van der Waals surface area contributed by atoms with Crippen LogP contribution in [0.5, 0.6) is 0 Å². The number of benzene rings is 1. The van der Waals surface area contributed by atoms with E-state index in [1.165, 1.54) is 17.2 Å². The van der Waals surface area contributed by atoms with E-state index in [9.17, 15) is 13.2 Å². The number of pyridine rings is 1. The van der Waals surface area contributed by atoms with Crippen molar-refractivity contribution in [1.82, 2.24) is 10.3 Å². The van der Waals surface area contributed by atoms with Crippen molar-refractivity contribution in [3.8, 4) is 0 Å². The van der Waals surface area contributed by atoms with Gasteiger partial charge in [-0.2, -0.15) is 13.2 Å². The summed E-state index contributed by atoms with van der Waals surface area (Å²) >= 11 is 0. The van der Waals surface area contributed by atoms with Gasteiger partial charge in [-0.05, 0) is 49.3 Å². The van der Waals surface area contributed by atoms with Crippen molar-refractivity contribution in [1.29, 1.82) is 0 Å². The standard InChI is InChI=1S/C21H24F3N3/c1-14-5-7-15(8-6-14)11-25-18-10-9-16-12-27(13-17(16)18)20-4-2-3-19(26-20)21(22,23)24/h2-8,16-18,25H,9-13H2,1H3/t16-,17+,18+/m1/s1. The molecule has 2 heterocycles. The Bertz CT molecular complexity index is 788. The third kappa shape index (κ3) is 3.95. The number of nitrogens with one attached hydrogen (secondary N) is 1. The van der Waals surface area contributed by atoms with E-state index in [1.54, 1.807) is 6.07 Å². The lowest BCUT2D eigenvalue weighted by atomic mass is 9.97. The van der Waals surface area contributed by atoms with Crippen LogP contribution in [0.2, 0.25) is 0 Å². The van der Waals surface area contributed by atoms with Gasteiger partial charge in [-0.25, -0.2) is 4.98 Å². The molecule has 1 aliphatic carbocycles. The van der Waals surface area contributed by atoms with E-state index in [1.807, 2.05) is 4.90 Å². The first-order valence-electron chi connectivity index (χ1n) is 9.48. The second kappa shape index (κ2) is 7.15. The van der Waals surface area contributed by atoms with Gasteiger partial charge >= 0.3 is 6.18 Å². The highest BCUT2D eigenvalue weighted by Crippen LogP contribution is 2.40. The molecule has 0 unspecified atom stereocenters. The highest BCUT2D eigenvalue weighted by Gasteiger charge is 2.43. The molecule has 1 aromatic heterocycles. The highest BCUT2D eigenvalue weighted by molar-refractivity contribution is 5.42. The molecular formula is C21H24F3N3. The Hall–Kier alpha value is -2.08. The molecule has 3 atom stereocenters. The van der Waals surface area contributed by atoms with Crippen LogP contribution in [-0.4, -0.2) is 24.1 Å². The van der Waals surface area contributed by atoms with E-state index in [2.05, 4.69) is 41.5 Å². The summed E-state index contributed by atoms with van der Waals surface area (Å²) in [6, 6.07) is 13.1. The lowest BCUT2D eigenvalue weighted by molar-refractivity contribution is -0.141. The minimum absolute atomic E-state index is 0.409. The molecule has 0 amide bonds. The highest BCUT2D eigenvalue weighted by atomic mass is 19.4. The smallest absolute Gasteiger partial charge is 0.356 e. The molecule has 144 valence electrons. The van der Waals surface area contributed by atoms with Crippen molar-refractivity contribution in [2.75, 3.05) is 18.0 Å². The molecule has 2 fully saturated rings. The fourth-order valence-electron chi connectivity index (χ4n) is 4.42. The Balaban J connectivity index is 1.40. The number of alkyl halides is 3. The van der Waals surface area contributed by atoms with Gasteiger partial charge in [-0.1, -0.05) is 35.9 Å². The topological polar surface area (TPSA) is 28.2 Å². The number of aryl methyl sites for hydroxylation is 1. The monoisotopic (exact) mass is 375 g/mol. The summed E-state index contributed by atoms with van der Waals surface area (Å²) < 4.78 is 38.8. The van der Waals surface area contributed by atoms with Gasteiger partial charge in [-0.3, -0.25) is 0 Å². The van der Waals surface area contributed by atoms with Crippen molar-refractivity contribution in [3.63, 3.8) is 0 Å². The number of fused-ring (bicyclic) bond motifs is 1. The molecule has 0 bridgehead atoms. The Morgan fingerprint density at radius 2 is 1.85 bits per heavy atom. The van der Waals surface area contributed by atoms with Gasteiger partial charge in [0.15, 0.2) is 0 Å². The third-order valence-electron chi connectivity index (χ3n) is 5.89. The average Bonchev–Trinajstić information content (AvgIpc) is 3.22. The van der Waals surface area contributed by atoms with Crippen molar-refractivity contribution in [2.45, 2.75) is 38.5 Å². The Labute approximate surface area is 157 Å². The van der Waals surface area contributed by atoms with Gasteiger partial charge in [0.1, 0.15) is 11.5 Å².